The number of hydrogen-bond donors (Lipinski definition) is 0. The summed E-state index contributed by atoms with van der Waals surface area (Å²) < 4.78 is 34.0. The van der Waals surface area contributed by atoms with Crippen molar-refractivity contribution >= 4 is 15.6 Å². The predicted octanol–water partition coefficient (Wildman–Crippen LogP) is 2.31. The fourth-order valence-electron chi connectivity index (χ4n) is 2.50. The van der Waals surface area contributed by atoms with E-state index in [0.717, 1.165) is 12.8 Å². The molecule has 136 valence electrons. The molecule has 7 heteroatoms. The zero-order valence-corrected chi connectivity index (χ0v) is 15.9. The highest BCUT2D eigenvalue weighted by molar-refractivity contribution is 7.93. The van der Waals surface area contributed by atoms with Crippen molar-refractivity contribution in [2.24, 2.45) is 5.92 Å². The summed E-state index contributed by atoms with van der Waals surface area (Å²) in [7, 11) is -1.87. The summed E-state index contributed by atoms with van der Waals surface area (Å²) in [4.78, 5) is 12.6. The fourth-order valence-corrected chi connectivity index (χ4v) is 4.29. The van der Waals surface area contributed by atoms with E-state index in [2.05, 4.69) is 5.16 Å². The first-order valence-corrected chi connectivity index (χ1v) is 9.85. The summed E-state index contributed by atoms with van der Waals surface area (Å²) >= 11 is 0. The van der Waals surface area contributed by atoms with Crippen LogP contribution in [0.5, 0.6) is 0 Å². The van der Waals surface area contributed by atoms with Crippen molar-refractivity contribution in [3.63, 3.8) is 0 Å². The smallest absolute Gasteiger partial charge is 0.162 e. The van der Waals surface area contributed by atoms with E-state index >= 15 is 0 Å². The van der Waals surface area contributed by atoms with Crippen LogP contribution in [0.1, 0.15) is 52.0 Å². The molecule has 0 N–H and O–H groups in total. The molecule has 1 aliphatic carbocycles. The van der Waals surface area contributed by atoms with Crippen LogP contribution in [0, 0.1) is 5.92 Å². The van der Waals surface area contributed by atoms with E-state index in [0.29, 0.717) is 18.1 Å². The van der Waals surface area contributed by atoms with Crippen molar-refractivity contribution < 1.29 is 22.5 Å². The van der Waals surface area contributed by atoms with Gasteiger partial charge in [0.25, 0.3) is 0 Å². The number of sulfone groups is 1. The van der Waals surface area contributed by atoms with Gasteiger partial charge in [-0.3, -0.25) is 4.79 Å². The van der Waals surface area contributed by atoms with Gasteiger partial charge in [-0.05, 0) is 32.6 Å². The normalized spacial score (nSPS) is 16.4. The third-order valence-electron chi connectivity index (χ3n) is 4.69. The molecule has 0 bridgehead atoms. The van der Waals surface area contributed by atoms with Gasteiger partial charge in [-0.1, -0.05) is 19.0 Å². The zero-order valence-electron chi connectivity index (χ0n) is 15.1. The molecule has 24 heavy (non-hydrogen) atoms. The van der Waals surface area contributed by atoms with Crippen molar-refractivity contribution in [2.45, 2.75) is 57.1 Å². The average Bonchev–Trinajstić information content (AvgIpc) is 3.12. The first-order chi connectivity index (χ1) is 11.0. The number of carbonyl (C=O) groups is 1. The largest absolute Gasteiger partial charge is 0.384 e. The standard InChI is InChI=1S/C17H27NO5S/c1-16(2,11-22-5)14-8-13(23-18-14)9-15(19)17(3,4)24(20,21)10-12-6-7-12/h8,12H,6-7,9-11H2,1-5H3. The van der Waals surface area contributed by atoms with E-state index in [1.54, 1.807) is 13.2 Å². The second-order valence-electron chi connectivity index (χ2n) is 7.83. The highest BCUT2D eigenvalue weighted by Crippen LogP contribution is 2.34. The zero-order chi connectivity index (χ0) is 18.2. The van der Waals surface area contributed by atoms with Crippen LogP contribution in [0.15, 0.2) is 10.6 Å². The Kier molecular flexibility index (Phi) is 5.25. The molecule has 0 aromatic carbocycles. The molecule has 0 atom stereocenters. The third-order valence-corrected chi connectivity index (χ3v) is 7.39. The number of Topliss-reactive ketones (excluding diaryl/α,β-unsaturated/α-hetero) is 1. The van der Waals surface area contributed by atoms with Crippen molar-refractivity contribution in [1.82, 2.24) is 5.16 Å². The van der Waals surface area contributed by atoms with Gasteiger partial charge in [0.1, 0.15) is 10.5 Å². The van der Waals surface area contributed by atoms with Gasteiger partial charge < -0.3 is 9.26 Å². The van der Waals surface area contributed by atoms with Crippen molar-refractivity contribution in [1.29, 1.82) is 0 Å². The summed E-state index contributed by atoms with van der Waals surface area (Å²) in [5, 5.41) is 4.01. The number of ketones is 1. The molecule has 6 nitrogen and oxygen atoms in total. The van der Waals surface area contributed by atoms with Gasteiger partial charge in [-0.15, -0.1) is 0 Å². The molecule has 1 aromatic rings. The maximum absolute atomic E-state index is 12.6. The van der Waals surface area contributed by atoms with Gasteiger partial charge in [0.15, 0.2) is 15.6 Å². The first kappa shape index (κ1) is 19.1. The molecule has 0 aliphatic heterocycles. The Morgan fingerprint density at radius 1 is 1.33 bits per heavy atom. The Morgan fingerprint density at radius 2 is 1.96 bits per heavy atom. The van der Waals surface area contributed by atoms with Gasteiger partial charge >= 0.3 is 0 Å². The number of carbonyl (C=O) groups excluding carboxylic acids is 1. The number of hydrogen-bond acceptors (Lipinski definition) is 6. The van der Waals surface area contributed by atoms with Crippen LogP contribution in [0.4, 0.5) is 0 Å². The van der Waals surface area contributed by atoms with Crippen molar-refractivity contribution in [3.8, 4) is 0 Å². The van der Waals surface area contributed by atoms with Gasteiger partial charge in [0.2, 0.25) is 0 Å². The number of aromatic nitrogens is 1. The lowest BCUT2D eigenvalue weighted by Gasteiger charge is -2.23. The van der Waals surface area contributed by atoms with Crippen LogP contribution in [0.2, 0.25) is 0 Å². The Hall–Kier alpha value is -1.21. The second-order valence-corrected chi connectivity index (χ2v) is 10.4. The maximum atomic E-state index is 12.6. The van der Waals surface area contributed by atoms with Crippen LogP contribution in [0.25, 0.3) is 0 Å². The van der Waals surface area contributed by atoms with Crippen molar-refractivity contribution in [2.75, 3.05) is 19.5 Å². The first-order valence-electron chi connectivity index (χ1n) is 8.20. The maximum Gasteiger partial charge on any atom is 0.162 e. The lowest BCUT2D eigenvalue weighted by molar-refractivity contribution is -0.120. The minimum Gasteiger partial charge on any atom is -0.384 e. The molecular formula is C17H27NO5S. The van der Waals surface area contributed by atoms with Crippen LogP contribution >= 0.6 is 0 Å². The number of methoxy groups -OCH3 is 1. The molecule has 0 spiro atoms. The highest BCUT2D eigenvalue weighted by Gasteiger charge is 2.44. The molecule has 1 aromatic heterocycles. The summed E-state index contributed by atoms with van der Waals surface area (Å²) in [6, 6.07) is 1.71. The molecule has 0 unspecified atom stereocenters. The van der Waals surface area contributed by atoms with Gasteiger partial charge in [-0.25, -0.2) is 8.42 Å². The fraction of sp³-hybridized carbons (Fsp3) is 0.765. The van der Waals surface area contributed by atoms with E-state index < -0.39 is 14.6 Å². The second kappa shape index (κ2) is 6.59. The van der Waals surface area contributed by atoms with Gasteiger partial charge in [0.05, 0.1) is 24.5 Å². The van der Waals surface area contributed by atoms with E-state index in [4.69, 9.17) is 9.26 Å². The molecule has 1 aliphatic rings. The lowest BCUT2D eigenvalue weighted by Crippen LogP contribution is -2.43. The van der Waals surface area contributed by atoms with Crippen LogP contribution in [-0.2, 0) is 31.2 Å². The molecule has 0 radical (unpaired) electrons. The highest BCUT2D eigenvalue weighted by atomic mass is 32.2. The van der Waals surface area contributed by atoms with Crippen LogP contribution in [0.3, 0.4) is 0 Å². The average molecular weight is 357 g/mol. The third kappa shape index (κ3) is 4.06. The van der Waals surface area contributed by atoms with Gasteiger partial charge in [-0.2, -0.15) is 0 Å². The molecule has 2 rings (SSSR count). The van der Waals surface area contributed by atoms with Crippen LogP contribution < -0.4 is 0 Å². The molecule has 0 saturated heterocycles. The molecule has 1 saturated carbocycles. The SMILES string of the molecule is COCC(C)(C)c1cc(CC(=O)C(C)(C)S(=O)(=O)CC2CC2)on1. The Balaban J connectivity index is 2.10. The van der Waals surface area contributed by atoms with E-state index in [1.807, 2.05) is 13.8 Å². The number of rotatable bonds is 9. The minimum atomic E-state index is -3.48. The topological polar surface area (TPSA) is 86.5 Å². The van der Waals surface area contributed by atoms with E-state index in [1.165, 1.54) is 13.8 Å². The molecule has 1 heterocycles. The molecule has 0 amide bonds. The summed E-state index contributed by atoms with van der Waals surface area (Å²) in [5.41, 5.74) is 0.346. The monoisotopic (exact) mass is 357 g/mol. The number of nitrogens with zero attached hydrogens (tertiary/aromatic N) is 1. The van der Waals surface area contributed by atoms with E-state index in [-0.39, 0.29) is 29.3 Å². The predicted molar refractivity (Wildman–Crippen MR) is 90.7 cm³/mol. The van der Waals surface area contributed by atoms with Crippen molar-refractivity contribution in [3.05, 3.63) is 17.5 Å². The summed E-state index contributed by atoms with van der Waals surface area (Å²) in [6.07, 6.45) is 1.79. The Labute approximate surface area is 143 Å². The minimum absolute atomic E-state index is 0.0764. The molecule has 1 fully saturated rings. The molecular weight excluding hydrogens is 330 g/mol. The Bertz CT molecular complexity index is 698. The van der Waals surface area contributed by atoms with Crippen LogP contribution in [-0.4, -0.2) is 43.6 Å². The van der Waals surface area contributed by atoms with E-state index in [9.17, 15) is 13.2 Å². The Morgan fingerprint density at radius 3 is 2.50 bits per heavy atom. The summed E-state index contributed by atoms with van der Waals surface area (Å²) in [5.74, 6) is 0.326. The van der Waals surface area contributed by atoms with Gasteiger partial charge in [0, 0.05) is 18.6 Å². The quantitative estimate of drug-likeness (QED) is 0.674. The lowest BCUT2D eigenvalue weighted by atomic mass is 9.90. The summed E-state index contributed by atoms with van der Waals surface area (Å²) in [6.45, 7) is 7.36. The number of ether oxygens (including phenoxy) is 1.